The molecule has 0 radical (unpaired) electrons. The van der Waals surface area contributed by atoms with Gasteiger partial charge in [0.2, 0.25) is 0 Å². The van der Waals surface area contributed by atoms with Crippen LogP contribution in [0.3, 0.4) is 0 Å². The maximum absolute atomic E-state index is 13.2. The van der Waals surface area contributed by atoms with Crippen LogP contribution in [-0.2, 0) is 0 Å². The molecule has 0 aromatic heterocycles. The molecule has 0 fully saturated rings. The Balaban J connectivity index is 3.05. The van der Waals surface area contributed by atoms with Crippen LogP contribution in [-0.4, -0.2) is 11.2 Å². The van der Waals surface area contributed by atoms with Gasteiger partial charge in [-0.1, -0.05) is 15.9 Å². The van der Waals surface area contributed by atoms with Crippen molar-refractivity contribution in [2.75, 3.05) is 0 Å². The zero-order valence-electron chi connectivity index (χ0n) is 7.17. The van der Waals surface area contributed by atoms with E-state index in [0.717, 1.165) is 4.47 Å². The molecular formula is C9H11BrFNO. The van der Waals surface area contributed by atoms with E-state index >= 15 is 0 Å². The summed E-state index contributed by atoms with van der Waals surface area (Å²) in [5, 5.41) is 9.18. The molecule has 2 nitrogen and oxygen atoms in total. The molecular weight excluding hydrogens is 237 g/mol. The Morgan fingerprint density at radius 3 is 2.69 bits per heavy atom. The second-order valence-electron chi connectivity index (χ2n) is 2.93. The van der Waals surface area contributed by atoms with Gasteiger partial charge in [0.05, 0.1) is 12.1 Å². The van der Waals surface area contributed by atoms with Gasteiger partial charge in [0.1, 0.15) is 5.82 Å². The highest BCUT2D eigenvalue weighted by molar-refractivity contribution is 9.10. The first-order valence-corrected chi connectivity index (χ1v) is 4.70. The van der Waals surface area contributed by atoms with Crippen LogP contribution in [0.25, 0.3) is 0 Å². The highest BCUT2D eigenvalue weighted by Gasteiger charge is 2.16. The average Bonchev–Trinajstić information content (AvgIpc) is 2.08. The molecule has 0 saturated heterocycles. The van der Waals surface area contributed by atoms with Crippen molar-refractivity contribution >= 4 is 15.9 Å². The molecule has 0 aliphatic rings. The first-order valence-electron chi connectivity index (χ1n) is 3.91. The number of aliphatic hydroxyl groups is 1. The lowest BCUT2D eigenvalue weighted by molar-refractivity contribution is 0.162. The zero-order chi connectivity index (χ0) is 10.0. The van der Waals surface area contributed by atoms with Gasteiger partial charge in [-0.3, -0.25) is 0 Å². The third-order valence-corrected chi connectivity index (χ3v) is 2.33. The molecule has 1 aromatic rings. The van der Waals surface area contributed by atoms with Crippen LogP contribution in [0.15, 0.2) is 22.7 Å². The van der Waals surface area contributed by atoms with Gasteiger partial charge in [0, 0.05) is 10.0 Å². The third kappa shape index (κ3) is 2.49. The Morgan fingerprint density at radius 1 is 1.54 bits per heavy atom. The molecule has 0 amide bonds. The first kappa shape index (κ1) is 10.6. The summed E-state index contributed by atoms with van der Waals surface area (Å²) in [7, 11) is 0. The van der Waals surface area contributed by atoms with E-state index in [1.807, 2.05) is 0 Å². The number of benzene rings is 1. The zero-order valence-corrected chi connectivity index (χ0v) is 8.75. The van der Waals surface area contributed by atoms with Gasteiger partial charge in [0.15, 0.2) is 0 Å². The Morgan fingerprint density at radius 2 is 2.15 bits per heavy atom. The highest BCUT2D eigenvalue weighted by atomic mass is 79.9. The quantitative estimate of drug-likeness (QED) is 0.840. The first-order chi connectivity index (χ1) is 6.02. The maximum Gasteiger partial charge on any atom is 0.128 e. The fourth-order valence-electron chi connectivity index (χ4n) is 1.03. The van der Waals surface area contributed by atoms with Crippen LogP contribution in [0.1, 0.15) is 18.5 Å². The molecule has 72 valence electrons. The molecule has 1 aromatic carbocycles. The summed E-state index contributed by atoms with van der Waals surface area (Å²) in [5.74, 6) is -0.392. The monoisotopic (exact) mass is 247 g/mol. The van der Waals surface area contributed by atoms with Crippen LogP contribution in [0.5, 0.6) is 0 Å². The molecule has 4 heteroatoms. The van der Waals surface area contributed by atoms with Crippen molar-refractivity contribution in [3.05, 3.63) is 34.1 Å². The summed E-state index contributed by atoms with van der Waals surface area (Å²) < 4.78 is 13.9. The largest absolute Gasteiger partial charge is 0.391 e. The average molecular weight is 248 g/mol. The Labute approximate surface area is 84.7 Å². The van der Waals surface area contributed by atoms with E-state index in [-0.39, 0.29) is 0 Å². The molecule has 13 heavy (non-hydrogen) atoms. The summed E-state index contributed by atoms with van der Waals surface area (Å²) in [5.41, 5.74) is 5.92. The van der Waals surface area contributed by atoms with E-state index in [1.165, 1.54) is 13.0 Å². The summed E-state index contributed by atoms with van der Waals surface area (Å²) in [6.07, 6.45) is -0.760. The van der Waals surface area contributed by atoms with E-state index in [4.69, 9.17) is 5.73 Å². The third-order valence-electron chi connectivity index (χ3n) is 1.84. The van der Waals surface area contributed by atoms with E-state index < -0.39 is 18.0 Å². The molecule has 0 bridgehead atoms. The Hall–Kier alpha value is -0.450. The minimum Gasteiger partial charge on any atom is -0.391 e. The molecule has 0 aliphatic heterocycles. The highest BCUT2D eigenvalue weighted by Crippen LogP contribution is 2.22. The fourth-order valence-corrected chi connectivity index (χ4v) is 1.41. The van der Waals surface area contributed by atoms with Crippen molar-refractivity contribution in [2.24, 2.45) is 5.73 Å². The lowest BCUT2D eigenvalue weighted by Crippen LogP contribution is -2.24. The standard InChI is InChI=1S/C9H11BrFNO/c1-5(13)9(12)7-4-6(10)2-3-8(7)11/h2-5,9,13H,12H2,1H3. The lowest BCUT2D eigenvalue weighted by atomic mass is 10.0. The summed E-state index contributed by atoms with van der Waals surface area (Å²) in [4.78, 5) is 0. The van der Waals surface area contributed by atoms with Crippen LogP contribution >= 0.6 is 15.9 Å². The topological polar surface area (TPSA) is 46.2 Å². The number of hydrogen-bond acceptors (Lipinski definition) is 2. The van der Waals surface area contributed by atoms with Gasteiger partial charge in [-0.2, -0.15) is 0 Å². The fraction of sp³-hybridized carbons (Fsp3) is 0.333. The van der Waals surface area contributed by atoms with Crippen LogP contribution in [0, 0.1) is 5.82 Å². The minimum absolute atomic E-state index is 0.323. The van der Waals surface area contributed by atoms with Crippen molar-refractivity contribution < 1.29 is 9.50 Å². The number of halogens is 2. The van der Waals surface area contributed by atoms with Gasteiger partial charge in [-0.05, 0) is 25.1 Å². The second kappa shape index (κ2) is 4.17. The summed E-state index contributed by atoms with van der Waals surface area (Å²) in [6.45, 7) is 1.53. The van der Waals surface area contributed by atoms with E-state index in [9.17, 15) is 9.50 Å². The molecule has 1 rings (SSSR count). The van der Waals surface area contributed by atoms with Crippen molar-refractivity contribution in [1.29, 1.82) is 0 Å². The lowest BCUT2D eigenvalue weighted by Gasteiger charge is -2.15. The van der Waals surface area contributed by atoms with Crippen molar-refractivity contribution in [1.82, 2.24) is 0 Å². The maximum atomic E-state index is 13.2. The van der Waals surface area contributed by atoms with Crippen LogP contribution in [0.2, 0.25) is 0 Å². The number of aliphatic hydroxyl groups excluding tert-OH is 1. The van der Waals surface area contributed by atoms with E-state index in [1.54, 1.807) is 12.1 Å². The van der Waals surface area contributed by atoms with E-state index in [2.05, 4.69) is 15.9 Å². The number of nitrogens with two attached hydrogens (primary N) is 1. The summed E-state index contributed by atoms with van der Waals surface area (Å²) in [6, 6.07) is 3.81. The smallest absolute Gasteiger partial charge is 0.128 e. The molecule has 0 heterocycles. The molecule has 2 atom stereocenters. The van der Waals surface area contributed by atoms with Gasteiger partial charge in [-0.15, -0.1) is 0 Å². The molecule has 0 saturated carbocycles. The number of rotatable bonds is 2. The van der Waals surface area contributed by atoms with Gasteiger partial charge in [0.25, 0.3) is 0 Å². The van der Waals surface area contributed by atoms with Crippen molar-refractivity contribution in [3.8, 4) is 0 Å². The van der Waals surface area contributed by atoms with Gasteiger partial charge in [-0.25, -0.2) is 4.39 Å². The van der Waals surface area contributed by atoms with Crippen molar-refractivity contribution in [2.45, 2.75) is 19.1 Å². The molecule has 2 unspecified atom stereocenters. The van der Waals surface area contributed by atoms with Crippen LogP contribution < -0.4 is 5.73 Å². The van der Waals surface area contributed by atoms with Gasteiger partial charge < -0.3 is 10.8 Å². The molecule has 0 aliphatic carbocycles. The second-order valence-corrected chi connectivity index (χ2v) is 3.85. The molecule has 3 N–H and O–H groups in total. The summed E-state index contributed by atoms with van der Waals surface area (Å²) >= 11 is 3.21. The van der Waals surface area contributed by atoms with Crippen LogP contribution in [0.4, 0.5) is 4.39 Å². The molecule has 0 spiro atoms. The van der Waals surface area contributed by atoms with E-state index in [0.29, 0.717) is 5.56 Å². The Kier molecular flexibility index (Phi) is 3.41. The predicted molar refractivity (Wildman–Crippen MR) is 52.7 cm³/mol. The van der Waals surface area contributed by atoms with Crippen molar-refractivity contribution in [3.63, 3.8) is 0 Å². The Bertz CT molecular complexity index is 304. The normalized spacial score (nSPS) is 15.5. The SMILES string of the molecule is CC(O)C(N)c1cc(Br)ccc1F. The van der Waals surface area contributed by atoms with Gasteiger partial charge >= 0.3 is 0 Å². The minimum atomic E-state index is -0.760. The number of hydrogen-bond donors (Lipinski definition) is 2. The predicted octanol–water partition coefficient (Wildman–Crippen LogP) is 1.97.